The first kappa shape index (κ1) is 15.8. The van der Waals surface area contributed by atoms with Gasteiger partial charge in [-0.25, -0.2) is 0 Å². The van der Waals surface area contributed by atoms with Crippen LogP contribution in [0, 0.1) is 0 Å². The molecule has 2 aromatic carbocycles. The van der Waals surface area contributed by atoms with Crippen LogP contribution >= 0.6 is 0 Å². The van der Waals surface area contributed by atoms with Gasteiger partial charge >= 0.3 is 0 Å². The van der Waals surface area contributed by atoms with Crippen LogP contribution in [-0.2, 0) is 11.2 Å². The van der Waals surface area contributed by atoms with E-state index in [9.17, 15) is 4.79 Å². The van der Waals surface area contributed by atoms with E-state index in [0.717, 1.165) is 37.4 Å². The van der Waals surface area contributed by atoms with E-state index in [2.05, 4.69) is 34.5 Å². The maximum atomic E-state index is 12.3. The monoisotopic (exact) mass is 338 g/mol. The zero-order valence-corrected chi connectivity index (χ0v) is 14.2. The highest BCUT2D eigenvalue weighted by Gasteiger charge is 2.17. The Morgan fingerprint density at radius 1 is 1.08 bits per heavy atom. The molecule has 5 nitrogen and oxygen atoms in total. The van der Waals surface area contributed by atoms with Crippen LogP contribution in [0.3, 0.4) is 0 Å². The molecule has 0 saturated carbocycles. The summed E-state index contributed by atoms with van der Waals surface area (Å²) in [5, 5.41) is 2.95. The quantitative estimate of drug-likeness (QED) is 0.930. The molecule has 2 aromatic rings. The molecule has 0 atom stereocenters. The fourth-order valence-corrected chi connectivity index (χ4v) is 3.42. The lowest BCUT2D eigenvalue weighted by Crippen LogP contribution is -2.32. The predicted molar refractivity (Wildman–Crippen MR) is 97.7 cm³/mol. The van der Waals surface area contributed by atoms with E-state index < -0.39 is 0 Å². The number of aryl methyl sites for hydroxylation is 1. The maximum Gasteiger partial charge on any atom is 0.226 e. The Kier molecular flexibility index (Phi) is 4.46. The SMILES string of the molecule is O=C(CCN1CCCc2ccccc21)Nc1ccc2c(c1)OCCO2. The van der Waals surface area contributed by atoms with Crippen LogP contribution < -0.4 is 19.7 Å². The number of anilines is 2. The van der Waals surface area contributed by atoms with E-state index >= 15 is 0 Å². The minimum Gasteiger partial charge on any atom is -0.486 e. The van der Waals surface area contributed by atoms with Crippen LogP contribution in [0.15, 0.2) is 42.5 Å². The second kappa shape index (κ2) is 7.05. The van der Waals surface area contributed by atoms with Crippen molar-refractivity contribution >= 4 is 17.3 Å². The number of carbonyl (C=O) groups is 1. The zero-order chi connectivity index (χ0) is 17.1. The van der Waals surface area contributed by atoms with Crippen LogP contribution in [0.1, 0.15) is 18.4 Å². The Hall–Kier alpha value is -2.69. The summed E-state index contributed by atoms with van der Waals surface area (Å²) < 4.78 is 11.1. The lowest BCUT2D eigenvalue weighted by molar-refractivity contribution is -0.116. The topological polar surface area (TPSA) is 50.8 Å². The normalized spacial score (nSPS) is 15.4. The van der Waals surface area contributed by atoms with Gasteiger partial charge in [0, 0.05) is 37.0 Å². The number of nitrogens with one attached hydrogen (secondary N) is 1. The van der Waals surface area contributed by atoms with Crippen LogP contribution in [0.5, 0.6) is 11.5 Å². The zero-order valence-electron chi connectivity index (χ0n) is 14.2. The molecule has 1 N–H and O–H groups in total. The van der Waals surface area contributed by atoms with Gasteiger partial charge in [0.15, 0.2) is 11.5 Å². The molecule has 0 aliphatic carbocycles. The van der Waals surface area contributed by atoms with E-state index in [4.69, 9.17) is 9.47 Å². The van der Waals surface area contributed by atoms with Crippen LogP contribution in [0.4, 0.5) is 11.4 Å². The average Bonchev–Trinajstić information content (AvgIpc) is 2.66. The lowest BCUT2D eigenvalue weighted by atomic mass is 10.0. The van der Waals surface area contributed by atoms with Crippen molar-refractivity contribution in [3.63, 3.8) is 0 Å². The van der Waals surface area contributed by atoms with Crippen molar-refractivity contribution < 1.29 is 14.3 Å². The largest absolute Gasteiger partial charge is 0.486 e. The Morgan fingerprint density at radius 3 is 2.84 bits per heavy atom. The molecule has 2 aliphatic rings. The summed E-state index contributed by atoms with van der Waals surface area (Å²) in [4.78, 5) is 14.6. The Balaban J connectivity index is 1.36. The van der Waals surface area contributed by atoms with Gasteiger partial charge in [0.05, 0.1) is 0 Å². The number of benzene rings is 2. The highest BCUT2D eigenvalue weighted by molar-refractivity contribution is 5.91. The van der Waals surface area contributed by atoms with Gasteiger partial charge in [-0.05, 0) is 36.6 Å². The van der Waals surface area contributed by atoms with Gasteiger partial charge in [0.1, 0.15) is 13.2 Å². The molecule has 5 heteroatoms. The molecule has 0 fully saturated rings. The van der Waals surface area contributed by atoms with Crippen molar-refractivity contribution in [2.75, 3.05) is 36.5 Å². The number of ether oxygens (including phenoxy) is 2. The van der Waals surface area contributed by atoms with Crippen molar-refractivity contribution in [2.45, 2.75) is 19.3 Å². The van der Waals surface area contributed by atoms with Gasteiger partial charge in [-0.1, -0.05) is 18.2 Å². The first-order chi connectivity index (χ1) is 12.3. The van der Waals surface area contributed by atoms with Crippen molar-refractivity contribution in [2.24, 2.45) is 0 Å². The Morgan fingerprint density at radius 2 is 1.92 bits per heavy atom. The summed E-state index contributed by atoms with van der Waals surface area (Å²) >= 11 is 0. The number of fused-ring (bicyclic) bond motifs is 2. The minimum atomic E-state index is 0.0136. The first-order valence-electron chi connectivity index (χ1n) is 8.82. The predicted octanol–water partition coefficient (Wildman–Crippen LogP) is 3.24. The van der Waals surface area contributed by atoms with Crippen LogP contribution in [0.25, 0.3) is 0 Å². The molecule has 25 heavy (non-hydrogen) atoms. The summed E-state index contributed by atoms with van der Waals surface area (Å²) in [5.74, 6) is 1.43. The number of hydrogen-bond acceptors (Lipinski definition) is 4. The molecule has 0 spiro atoms. The van der Waals surface area contributed by atoms with Gasteiger partial charge < -0.3 is 19.7 Å². The molecule has 2 heterocycles. The molecule has 0 aromatic heterocycles. The second-order valence-corrected chi connectivity index (χ2v) is 6.38. The van der Waals surface area contributed by atoms with Gasteiger partial charge in [0.25, 0.3) is 0 Å². The van der Waals surface area contributed by atoms with E-state index in [1.54, 1.807) is 0 Å². The third kappa shape index (κ3) is 3.55. The van der Waals surface area contributed by atoms with E-state index in [0.29, 0.717) is 25.4 Å². The van der Waals surface area contributed by atoms with Crippen molar-refractivity contribution in [3.8, 4) is 11.5 Å². The van der Waals surface area contributed by atoms with Gasteiger partial charge in [-0.15, -0.1) is 0 Å². The average molecular weight is 338 g/mol. The Labute approximate surface area is 147 Å². The molecular formula is C20H22N2O3. The Bertz CT molecular complexity index is 775. The summed E-state index contributed by atoms with van der Waals surface area (Å²) in [5.41, 5.74) is 3.38. The first-order valence-corrected chi connectivity index (χ1v) is 8.82. The number of amides is 1. The maximum absolute atomic E-state index is 12.3. The summed E-state index contributed by atoms with van der Waals surface area (Å²) in [6, 6.07) is 14.0. The molecule has 1 amide bonds. The molecule has 130 valence electrons. The second-order valence-electron chi connectivity index (χ2n) is 6.38. The third-order valence-electron chi connectivity index (χ3n) is 4.64. The fraction of sp³-hybridized carbons (Fsp3) is 0.350. The number of nitrogens with zero attached hydrogens (tertiary/aromatic N) is 1. The minimum absolute atomic E-state index is 0.0136. The molecule has 0 radical (unpaired) electrons. The van der Waals surface area contributed by atoms with Gasteiger partial charge in [0.2, 0.25) is 5.91 Å². The molecule has 0 unspecified atom stereocenters. The summed E-state index contributed by atoms with van der Waals surface area (Å²) in [6.45, 7) is 2.84. The fourth-order valence-electron chi connectivity index (χ4n) is 3.42. The van der Waals surface area contributed by atoms with Gasteiger partial charge in [-0.2, -0.15) is 0 Å². The van der Waals surface area contributed by atoms with Crippen molar-refractivity contribution in [3.05, 3.63) is 48.0 Å². The number of hydrogen-bond donors (Lipinski definition) is 1. The standard InChI is InChI=1S/C20H22N2O3/c23-20(21-16-7-8-18-19(14-16)25-13-12-24-18)9-11-22-10-3-5-15-4-1-2-6-17(15)22/h1-2,4,6-8,14H,3,5,9-13H2,(H,21,23). The van der Waals surface area contributed by atoms with E-state index in [1.165, 1.54) is 11.3 Å². The highest BCUT2D eigenvalue weighted by Crippen LogP contribution is 2.32. The van der Waals surface area contributed by atoms with Crippen molar-refractivity contribution in [1.29, 1.82) is 0 Å². The smallest absolute Gasteiger partial charge is 0.226 e. The lowest BCUT2D eigenvalue weighted by Gasteiger charge is -2.31. The molecule has 2 aliphatic heterocycles. The van der Waals surface area contributed by atoms with Gasteiger partial charge in [-0.3, -0.25) is 4.79 Å². The molecule has 0 bridgehead atoms. The van der Waals surface area contributed by atoms with Crippen LogP contribution in [-0.4, -0.2) is 32.2 Å². The van der Waals surface area contributed by atoms with E-state index in [-0.39, 0.29) is 5.91 Å². The highest BCUT2D eigenvalue weighted by atomic mass is 16.6. The molecular weight excluding hydrogens is 316 g/mol. The summed E-state index contributed by atoms with van der Waals surface area (Å²) in [6.07, 6.45) is 2.72. The molecule has 4 rings (SSSR count). The van der Waals surface area contributed by atoms with Crippen LogP contribution in [0.2, 0.25) is 0 Å². The summed E-state index contributed by atoms with van der Waals surface area (Å²) in [7, 11) is 0. The van der Waals surface area contributed by atoms with E-state index in [1.807, 2.05) is 18.2 Å². The number of carbonyl (C=O) groups excluding carboxylic acids is 1. The third-order valence-corrected chi connectivity index (χ3v) is 4.64. The molecule has 0 saturated heterocycles. The number of rotatable bonds is 4. The van der Waals surface area contributed by atoms with Crippen molar-refractivity contribution in [1.82, 2.24) is 0 Å². The number of para-hydroxylation sites is 1.